The zero-order chi connectivity index (χ0) is 13.1. The average Bonchev–Trinajstić information content (AvgIpc) is 2.33. The third-order valence-electron chi connectivity index (χ3n) is 3.80. The molecule has 2 nitrogen and oxygen atoms in total. The molecule has 0 aliphatic heterocycles. The van der Waals surface area contributed by atoms with Crippen LogP contribution in [0.1, 0.15) is 31.2 Å². The molecule has 18 heavy (non-hydrogen) atoms. The molecule has 0 radical (unpaired) electrons. The number of rotatable bonds is 3. The molecule has 0 aromatic heterocycles. The Labute approximate surface area is 116 Å². The number of benzene rings is 1. The molecule has 0 heterocycles. The lowest BCUT2D eigenvalue weighted by Crippen LogP contribution is -2.38. The Bertz CT molecular complexity index is 403. The Balaban J connectivity index is 1.96. The summed E-state index contributed by atoms with van der Waals surface area (Å²) in [6.07, 6.45) is 4.40. The van der Waals surface area contributed by atoms with Crippen LogP contribution in [0.4, 0.5) is 4.39 Å². The fourth-order valence-electron chi connectivity index (χ4n) is 2.59. The summed E-state index contributed by atoms with van der Waals surface area (Å²) in [6, 6.07) is 6.17. The first-order chi connectivity index (χ1) is 8.56. The first-order valence-electron chi connectivity index (χ1n) is 6.46. The molecule has 1 aromatic carbocycles. The van der Waals surface area contributed by atoms with Gasteiger partial charge in [0.05, 0.1) is 0 Å². The van der Waals surface area contributed by atoms with Crippen molar-refractivity contribution in [1.29, 1.82) is 0 Å². The van der Waals surface area contributed by atoms with Gasteiger partial charge in [-0.3, -0.25) is 4.90 Å². The van der Waals surface area contributed by atoms with Crippen molar-refractivity contribution in [3.05, 3.63) is 34.1 Å². The summed E-state index contributed by atoms with van der Waals surface area (Å²) < 4.78 is 14.6. The molecule has 100 valence electrons. The van der Waals surface area contributed by atoms with Gasteiger partial charge in [0.1, 0.15) is 5.82 Å². The quantitative estimate of drug-likeness (QED) is 0.927. The molecule has 1 aliphatic carbocycles. The van der Waals surface area contributed by atoms with E-state index >= 15 is 0 Å². The highest BCUT2D eigenvalue weighted by Gasteiger charge is 2.22. The van der Waals surface area contributed by atoms with Gasteiger partial charge in [-0.05, 0) is 44.9 Å². The SMILES string of the molecule is CN(Cc1ccc(Br)cc1F)C1CCC(N)CC1. The van der Waals surface area contributed by atoms with E-state index in [4.69, 9.17) is 5.73 Å². The molecular formula is C14H20BrFN2. The minimum Gasteiger partial charge on any atom is -0.328 e. The summed E-state index contributed by atoms with van der Waals surface area (Å²) in [5, 5.41) is 0. The molecule has 0 bridgehead atoms. The van der Waals surface area contributed by atoms with Crippen LogP contribution in [-0.4, -0.2) is 24.0 Å². The highest BCUT2D eigenvalue weighted by Crippen LogP contribution is 2.23. The average molecular weight is 315 g/mol. The van der Waals surface area contributed by atoms with Crippen molar-refractivity contribution in [3.63, 3.8) is 0 Å². The second kappa shape index (κ2) is 6.13. The van der Waals surface area contributed by atoms with Gasteiger partial charge in [0.2, 0.25) is 0 Å². The van der Waals surface area contributed by atoms with E-state index in [1.165, 1.54) is 6.07 Å². The summed E-state index contributed by atoms with van der Waals surface area (Å²) in [5.74, 6) is -0.135. The Hall–Kier alpha value is -0.450. The molecule has 1 saturated carbocycles. The standard InChI is InChI=1S/C14H20BrFN2/c1-18(13-6-4-12(17)5-7-13)9-10-2-3-11(15)8-14(10)16/h2-3,8,12-13H,4-7,9,17H2,1H3. The predicted molar refractivity (Wildman–Crippen MR) is 75.8 cm³/mol. The van der Waals surface area contributed by atoms with Gasteiger partial charge in [0.15, 0.2) is 0 Å². The lowest BCUT2D eigenvalue weighted by molar-refractivity contribution is 0.174. The first kappa shape index (κ1) is 14.0. The molecule has 0 amide bonds. The lowest BCUT2D eigenvalue weighted by Gasteiger charge is -2.33. The Morgan fingerprint density at radius 1 is 1.33 bits per heavy atom. The molecule has 1 fully saturated rings. The van der Waals surface area contributed by atoms with Crippen LogP contribution < -0.4 is 5.73 Å². The van der Waals surface area contributed by atoms with E-state index in [2.05, 4.69) is 27.9 Å². The summed E-state index contributed by atoms with van der Waals surface area (Å²) in [5.41, 5.74) is 6.67. The van der Waals surface area contributed by atoms with Gasteiger partial charge in [-0.15, -0.1) is 0 Å². The third-order valence-corrected chi connectivity index (χ3v) is 4.29. The largest absolute Gasteiger partial charge is 0.328 e. The number of hydrogen-bond donors (Lipinski definition) is 1. The van der Waals surface area contributed by atoms with E-state index in [1.54, 1.807) is 0 Å². The van der Waals surface area contributed by atoms with Crippen molar-refractivity contribution in [2.75, 3.05) is 7.05 Å². The van der Waals surface area contributed by atoms with Gasteiger partial charge in [-0.1, -0.05) is 22.0 Å². The van der Waals surface area contributed by atoms with E-state index in [1.807, 2.05) is 12.1 Å². The lowest BCUT2D eigenvalue weighted by atomic mass is 9.91. The van der Waals surface area contributed by atoms with E-state index < -0.39 is 0 Å². The van der Waals surface area contributed by atoms with Crippen LogP contribution in [0, 0.1) is 5.82 Å². The van der Waals surface area contributed by atoms with Crippen molar-refractivity contribution >= 4 is 15.9 Å². The zero-order valence-electron chi connectivity index (χ0n) is 10.7. The normalized spacial score (nSPS) is 24.5. The zero-order valence-corrected chi connectivity index (χ0v) is 12.3. The van der Waals surface area contributed by atoms with Crippen LogP contribution in [0.15, 0.2) is 22.7 Å². The van der Waals surface area contributed by atoms with Gasteiger partial charge in [-0.2, -0.15) is 0 Å². The van der Waals surface area contributed by atoms with Gasteiger partial charge < -0.3 is 5.73 Å². The highest BCUT2D eigenvalue weighted by molar-refractivity contribution is 9.10. The van der Waals surface area contributed by atoms with Crippen molar-refractivity contribution in [2.24, 2.45) is 5.73 Å². The molecule has 1 aromatic rings. The topological polar surface area (TPSA) is 29.3 Å². The van der Waals surface area contributed by atoms with E-state index in [0.717, 1.165) is 35.7 Å². The predicted octanol–water partition coefficient (Wildman–Crippen LogP) is 3.29. The molecule has 1 aliphatic rings. The molecule has 0 atom stereocenters. The molecule has 2 N–H and O–H groups in total. The van der Waals surface area contributed by atoms with Crippen LogP contribution in [0.3, 0.4) is 0 Å². The van der Waals surface area contributed by atoms with Crippen LogP contribution in [0.5, 0.6) is 0 Å². The Morgan fingerprint density at radius 3 is 2.61 bits per heavy atom. The monoisotopic (exact) mass is 314 g/mol. The van der Waals surface area contributed by atoms with Crippen LogP contribution in [0.25, 0.3) is 0 Å². The van der Waals surface area contributed by atoms with Crippen LogP contribution >= 0.6 is 15.9 Å². The molecular weight excluding hydrogens is 295 g/mol. The van der Waals surface area contributed by atoms with Crippen LogP contribution in [-0.2, 0) is 6.54 Å². The number of nitrogens with two attached hydrogens (primary N) is 1. The molecule has 0 spiro atoms. The Morgan fingerprint density at radius 2 is 2.00 bits per heavy atom. The smallest absolute Gasteiger partial charge is 0.128 e. The Kier molecular flexibility index (Phi) is 4.76. The summed E-state index contributed by atoms with van der Waals surface area (Å²) in [6.45, 7) is 0.666. The number of nitrogens with zero attached hydrogens (tertiary/aromatic N) is 1. The fourth-order valence-corrected chi connectivity index (χ4v) is 2.92. The van der Waals surface area contributed by atoms with E-state index in [9.17, 15) is 4.39 Å². The highest BCUT2D eigenvalue weighted by atomic mass is 79.9. The van der Waals surface area contributed by atoms with Gasteiger partial charge >= 0.3 is 0 Å². The van der Waals surface area contributed by atoms with E-state index in [-0.39, 0.29) is 5.82 Å². The van der Waals surface area contributed by atoms with Gasteiger partial charge in [0.25, 0.3) is 0 Å². The number of halogens is 2. The fraction of sp³-hybridized carbons (Fsp3) is 0.571. The van der Waals surface area contributed by atoms with E-state index in [0.29, 0.717) is 18.6 Å². The van der Waals surface area contributed by atoms with Gasteiger partial charge in [0, 0.05) is 28.7 Å². The third kappa shape index (κ3) is 3.53. The van der Waals surface area contributed by atoms with Crippen molar-refractivity contribution in [3.8, 4) is 0 Å². The number of hydrogen-bond acceptors (Lipinski definition) is 2. The maximum atomic E-state index is 13.8. The summed E-state index contributed by atoms with van der Waals surface area (Å²) >= 11 is 3.28. The minimum absolute atomic E-state index is 0.135. The van der Waals surface area contributed by atoms with Crippen molar-refractivity contribution < 1.29 is 4.39 Å². The minimum atomic E-state index is -0.135. The summed E-state index contributed by atoms with van der Waals surface area (Å²) in [7, 11) is 2.07. The van der Waals surface area contributed by atoms with Crippen LogP contribution in [0.2, 0.25) is 0 Å². The molecule has 0 saturated heterocycles. The van der Waals surface area contributed by atoms with Crippen molar-refractivity contribution in [1.82, 2.24) is 4.90 Å². The van der Waals surface area contributed by atoms with Crippen molar-refractivity contribution in [2.45, 2.75) is 44.3 Å². The molecule has 4 heteroatoms. The summed E-state index contributed by atoms with van der Waals surface area (Å²) in [4.78, 5) is 2.25. The van der Waals surface area contributed by atoms with Gasteiger partial charge in [-0.25, -0.2) is 4.39 Å². The maximum absolute atomic E-state index is 13.8. The second-order valence-corrected chi connectivity index (χ2v) is 6.14. The molecule has 0 unspecified atom stereocenters. The first-order valence-corrected chi connectivity index (χ1v) is 7.25. The second-order valence-electron chi connectivity index (χ2n) is 5.22. The molecule has 2 rings (SSSR count). The maximum Gasteiger partial charge on any atom is 0.128 e.